The lowest BCUT2D eigenvalue weighted by Gasteiger charge is -2.26. The highest BCUT2D eigenvalue weighted by Crippen LogP contribution is 2.26. The van der Waals surface area contributed by atoms with Crippen molar-refractivity contribution in [2.45, 2.75) is 57.1 Å². The predicted molar refractivity (Wildman–Crippen MR) is 112 cm³/mol. The molecule has 0 aliphatic heterocycles. The molecular weight excluding hydrogens is 376 g/mol. The van der Waals surface area contributed by atoms with E-state index in [0.29, 0.717) is 29.0 Å². The van der Waals surface area contributed by atoms with Crippen LogP contribution in [0.1, 0.15) is 36.2 Å². The number of pyridine rings is 2. The Morgan fingerprint density at radius 2 is 2.07 bits per heavy atom. The summed E-state index contributed by atoms with van der Waals surface area (Å²) in [6, 6.07) is 5.84. The number of aromatic nitrogens is 2. The molecule has 8 nitrogen and oxygen atoms in total. The van der Waals surface area contributed by atoms with Crippen molar-refractivity contribution >= 4 is 29.4 Å². The number of nitrogen functional groups attached to an aromatic ring is 2. The van der Waals surface area contributed by atoms with Crippen molar-refractivity contribution in [2.24, 2.45) is 0 Å². The number of carbonyl (C=O) groups is 1. The summed E-state index contributed by atoms with van der Waals surface area (Å²) < 4.78 is 4.73. The number of nitrogens with two attached hydrogens (primary N) is 2. The summed E-state index contributed by atoms with van der Waals surface area (Å²) in [5, 5.41) is 2.81. The van der Waals surface area contributed by atoms with Gasteiger partial charge in [0.2, 0.25) is 5.91 Å². The van der Waals surface area contributed by atoms with E-state index in [2.05, 4.69) is 15.0 Å². The molecular formula is C19H26N6O2S. The second kappa shape index (κ2) is 8.66. The van der Waals surface area contributed by atoms with Crippen LogP contribution in [-0.4, -0.2) is 21.5 Å². The van der Waals surface area contributed by atoms with Crippen molar-refractivity contribution in [2.75, 3.05) is 11.5 Å². The molecule has 0 aromatic carbocycles. The maximum Gasteiger partial charge on any atom is 0.275 e. The summed E-state index contributed by atoms with van der Waals surface area (Å²) in [6.45, 7) is 3.87. The van der Waals surface area contributed by atoms with Gasteiger partial charge < -0.3 is 21.4 Å². The summed E-state index contributed by atoms with van der Waals surface area (Å²) in [6.07, 6.45) is 3.52. The van der Waals surface area contributed by atoms with Crippen LogP contribution in [0.15, 0.2) is 27.9 Å². The molecule has 0 atom stereocenters. The molecule has 3 rings (SSSR count). The number of rotatable bonds is 7. The molecule has 2 aromatic rings. The van der Waals surface area contributed by atoms with Gasteiger partial charge in [0.15, 0.2) is 0 Å². The highest BCUT2D eigenvalue weighted by molar-refractivity contribution is 7.97. The van der Waals surface area contributed by atoms with Gasteiger partial charge in [-0.3, -0.25) is 14.3 Å². The number of hydrogen-bond acceptors (Lipinski definition) is 7. The summed E-state index contributed by atoms with van der Waals surface area (Å²) in [5.41, 5.74) is 13.8. The van der Waals surface area contributed by atoms with Crippen LogP contribution in [-0.2, 0) is 17.9 Å². The fraction of sp³-hybridized carbons (Fsp3) is 0.421. The quantitative estimate of drug-likeness (QED) is 0.517. The molecule has 0 spiro atoms. The molecule has 1 fully saturated rings. The second-order valence-electron chi connectivity index (χ2n) is 7.06. The molecule has 1 aliphatic carbocycles. The van der Waals surface area contributed by atoms with E-state index in [9.17, 15) is 9.59 Å². The van der Waals surface area contributed by atoms with Gasteiger partial charge in [-0.2, -0.15) is 0 Å². The predicted octanol–water partition coefficient (Wildman–Crippen LogP) is 1.49. The third-order valence-corrected chi connectivity index (χ3v) is 5.95. The Balaban J connectivity index is 1.64. The Morgan fingerprint density at radius 3 is 2.71 bits per heavy atom. The molecule has 0 radical (unpaired) electrons. The van der Waals surface area contributed by atoms with E-state index in [1.165, 1.54) is 22.9 Å². The maximum atomic E-state index is 12.6. The van der Waals surface area contributed by atoms with Crippen LogP contribution >= 0.6 is 11.9 Å². The monoisotopic (exact) mass is 402 g/mol. The largest absolute Gasteiger partial charge is 0.393 e. The number of hydrogen-bond donors (Lipinski definition) is 4. The van der Waals surface area contributed by atoms with Crippen molar-refractivity contribution in [1.29, 1.82) is 0 Å². The van der Waals surface area contributed by atoms with Crippen LogP contribution in [0.4, 0.5) is 11.5 Å². The Kier molecular flexibility index (Phi) is 6.25. The lowest BCUT2D eigenvalue weighted by atomic mass is 9.94. The van der Waals surface area contributed by atoms with Gasteiger partial charge in [0.25, 0.3) is 5.56 Å². The molecule has 6 N–H and O–H groups in total. The first kappa shape index (κ1) is 20.2. The zero-order chi connectivity index (χ0) is 20.3. The summed E-state index contributed by atoms with van der Waals surface area (Å²) in [7, 11) is 0. The smallest absolute Gasteiger partial charge is 0.275 e. The van der Waals surface area contributed by atoms with E-state index in [4.69, 9.17) is 11.5 Å². The fourth-order valence-corrected chi connectivity index (χ4v) is 3.86. The number of carbonyl (C=O) groups excluding carboxylic acids is 1. The minimum atomic E-state index is -0.349. The minimum absolute atomic E-state index is 0.0860. The number of amides is 1. The van der Waals surface area contributed by atoms with Crippen molar-refractivity contribution in [3.63, 3.8) is 0 Å². The van der Waals surface area contributed by atoms with E-state index in [0.717, 1.165) is 24.1 Å². The SMILES string of the molecule is Cc1nc(N)ccc1CNC(=O)Cn1c(C)cc(SNC2CCC2)c(N)c1=O. The molecule has 0 unspecified atom stereocenters. The van der Waals surface area contributed by atoms with Crippen LogP contribution in [0.2, 0.25) is 0 Å². The van der Waals surface area contributed by atoms with Gasteiger partial charge in [-0.15, -0.1) is 0 Å². The fourth-order valence-electron chi connectivity index (χ4n) is 2.90. The van der Waals surface area contributed by atoms with Crippen LogP contribution in [0.25, 0.3) is 0 Å². The van der Waals surface area contributed by atoms with Crippen molar-refractivity contribution in [3.8, 4) is 0 Å². The number of aryl methyl sites for hydroxylation is 2. The van der Waals surface area contributed by atoms with E-state index in [1.807, 2.05) is 19.1 Å². The standard InChI is InChI=1S/C19H26N6O2S/c1-11-8-15(28-24-14-4-3-5-14)18(21)19(27)25(11)10-17(26)22-9-13-6-7-16(20)23-12(13)2/h6-8,14,24H,3-5,9-10,21H2,1-2H3,(H2,20,23)(H,22,26). The Hall–Kier alpha value is -2.52. The van der Waals surface area contributed by atoms with Gasteiger partial charge in [-0.25, -0.2) is 4.98 Å². The molecule has 0 bridgehead atoms. The van der Waals surface area contributed by atoms with E-state index in [-0.39, 0.29) is 23.7 Å². The maximum absolute atomic E-state index is 12.6. The molecule has 1 saturated carbocycles. The average Bonchev–Trinajstić information content (AvgIpc) is 2.60. The Morgan fingerprint density at radius 1 is 1.32 bits per heavy atom. The molecule has 0 saturated heterocycles. The van der Waals surface area contributed by atoms with Gasteiger partial charge in [-0.1, -0.05) is 12.5 Å². The average molecular weight is 403 g/mol. The second-order valence-corrected chi connectivity index (χ2v) is 7.94. The topological polar surface area (TPSA) is 128 Å². The lowest BCUT2D eigenvalue weighted by Crippen LogP contribution is -2.35. The van der Waals surface area contributed by atoms with E-state index in [1.54, 1.807) is 13.0 Å². The van der Waals surface area contributed by atoms with Gasteiger partial charge in [0, 0.05) is 24.0 Å². The van der Waals surface area contributed by atoms with Gasteiger partial charge in [-0.05, 0) is 56.3 Å². The van der Waals surface area contributed by atoms with Crippen LogP contribution in [0.5, 0.6) is 0 Å². The molecule has 150 valence electrons. The number of anilines is 2. The van der Waals surface area contributed by atoms with Crippen molar-refractivity contribution in [1.82, 2.24) is 19.6 Å². The van der Waals surface area contributed by atoms with Gasteiger partial charge >= 0.3 is 0 Å². The highest BCUT2D eigenvalue weighted by atomic mass is 32.2. The molecule has 28 heavy (non-hydrogen) atoms. The zero-order valence-corrected chi connectivity index (χ0v) is 16.9. The first-order valence-corrected chi connectivity index (χ1v) is 10.1. The summed E-state index contributed by atoms with van der Waals surface area (Å²) >= 11 is 1.39. The van der Waals surface area contributed by atoms with Crippen LogP contribution in [0.3, 0.4) is 0 Å². The number of nitrogens with one attached hydrogen (secondary N) is 2. The van der Waals surface area contributed by atoms with Crippen molar-refractivity contribution < 1.29 is 4.79 Å². The highest BCUT2D eigenvalue weighted by Gasteiger charge is 2.19. The molecule has 1 amide bonds. The van der Waals surface area contributed by atoms with Gasteiger partial charge in [0.05, 0.1) is 4.90 Å². The minimum Gasteiger partial charge on any atom is -0.393 e. The van der Waals surface area contributed by atoms with Crippen molar-refractivity contribution in [3.05, 3.63) is 45.5 Å². The summed E-state index contributed by atoms with van der Waals surface area (Å²) in [5.74, 6) is 0.170. The van der Waals surface area contributed by atoms with Crippen LogP contribution < -0.4 is 27.1 Å². The van der Waals surface area contributed by atoms with Crippen LogP contribution in [0, 0.1) is 13.8 Å². The third-order valence-electron chi connectivity index (χ3n) is 4.94. The Labute approximate surface area is 168 Å². The zero-order valence-electron chi connectivity index (χ0n) is 16.1. The van der Waals surface area contributed by atoms with Gasteiger partial charge in [0.1, 0.15) is 18.1 Å². The summed E-state index contributed by atoms with van der Waals surface area (Å²) in [4.78, 5) is 29.9. The molecule has 1 aliphatic rings. The first-order valence-electron chi connectivity index (χ1n) is 9.26. The lowest BCUT2D eigenvalue weighted by molar-refractivity contribution is -0.121. The molecule has 9 heteroatoms. The first-order chi connectivity index (χ1) is 13.3. The number of nitrogens with zero attached hydrogens (tertiary/aromatic N) is 2. The third kappa shape index (κ3) is 4.66. The molecule has 2 aromatic heterocycles. The Bertz CT molecular complexity index is 939. The van der Waals surface area contributed by atoms with E-state index >= 15 is 0 Å². The molecule has 2 heterocycles. The van der Waals surface area contributed by atoms with E-state index < -0.39 is 0 Å². The normalized spacial score (nSPS) is 13.9.